The van der Waals surface area contributed by atoms with Crippen LogP contribution in [-0.4, -0.2) is 47.1 Å². The highest BCUT2D eigenvalue weighted by Gasteiger charge is 2.24. The van der Waals surface area contributed by atoms with E-state index in [9.17, 15) is 4.79 Å². The van der Waals surface area contributed by atoms with Gasteiger partial charge in [-0.2, -0.15) is 0 Å². The topological polar surface area (TPSA) is 64.2 Å². The highest BCUT2D eigenvalue weighted by atomic mass is 32.2. The number of nitrogens with one attached hydrogen (secondary N) is 2. The third kappa shape index (κ3) is 6.63. The van der Waals surface area contributed by atoms with Gasteiger partial charge >= 0.3 is 0 Å². The number of thioether (sulfide) groups is 1. The molecule has 1 amide bonds. The number of unbranched alkanes of at least 4 members (excludes halogenated alkanes) is 1. The van der Waals surface area contributed by atoms with E-state index in [0.29, 0.717) is 18.3 Å². The first-order valence-electron chi connectivity index (χ1n) is 10.2. The summed E-state index contributed by atoms with van der Waals surface area (Å²) in [5.41, 5.74) is 1.23. The van der Waals surface area contributed by atoms with Gasteiger partial charge in [0, 0.05) is 19.5 Å². The van der Waals surface area contributed by atoms with Gasteiger partial charge in [0.2, 0.25) is 5.91 Å². The van der Waals surface area contributed by atoms with Gasteiger partial charge in [0.05, 0.1) is 19.8 Å². The van der Waals surface area contributed by atoms with Gasteiger partial charge in [0.15, 0.2) is 11.0 Å². The molecule has 2 N–H and O–H groups in total. The summed E-state index contributed by atoms with van der Waals surface area (Å²) in [5, 5.41) is 12.7. The number of hydrogen-bond donors (Lipinski definition) is 2. The Morgan fingerprint density at radius 1 is 1.21 bits per heavy atom. The summed E-state index contributed by atoms with van der Waals surface area (Å²) < 4.78 is 2.21. The SMILES string of the molecule is CCCCn1c(SCC(=O)NCCc2ccccc2)nnc1[C@@H](CC)[NH+](C)C. The number of carbonyl (C=O) groups is 1. The van der Waals surface area contributed by atoms with Crippen molar-refractivity contribution >= 4 is 17.7 Å². The predicted octanol–water partition coefficient (Wildman–Crippen LogP) is 2.12. The van der Waals surface area contributed by atoms with E-state index in [1.54, 1.807) is 0 Å². The minimum Gasteiger partial charge on any atom is -0.355 e. The summed E-state index contributed by atoms with van der Waals surface area (Å²) in [6, 6.07) is 10.5. The smallest absolute Gasteiger partial charge is 0.230 e. The fourth-order valence-electron chi connectivity index (χ4n) is 3.21. The molecular weight excluding hydrogens is 370 g/mol. The molecule has 0 aliphatic rings. The van der Waals surface area contributed by atoms with Crippen LogP contribution in [0.15, 0.2) is 35.5 Å². The number of aromatic nitrogens is 3. The Morgan fingerprint density at radius 3 is 2.61 bits per heavy atom. The molecule has 28 heavy (non-hydrogen) atoms. The van der Waals surface area contributed by atoms with Crippen molar-refractivity contribution in [2.75, 3.05) is 26.4 Å². The van der Waals surface area contributed by atoms with Crippen LogP contribution in [0, 0.1) is 0 Å². The largest absolute Gasteiger partial charge is 0.355 e. The first-order valence-corrected chi connectivity index (χ1v) is 11.2. The molecule has 0 aliphatic heterocycles. The molecule has 2 aromatic rings. The molecule has 0 spiro atoms. The molecule has 1 aromatic carbocycles. The van der Waals surface area contributed by atoms with Crippen molar-refractivity contribution in [3.8, 4) is 0 Å². The first kappa shape index (κ1) is 22.4. The van der Waals surface area contributed by atoms with E-state index < -0.39 is 0 Å². The van der Waals surface area contributed by atoms with Gasteiger partial charge < -0.3 is 14.8 Å². The molecule has 0 fully saturated rings. The number of nitrogens with zero attached hydrogens (tertiary/aromatic N) is 3. The molecule has 1 aromatic heterocycles. The lowest BCUT2D eigenvalue weighted by atomic mass is 10.1. The molecular formula is C21H34N5OS+. The first-order chi connectivity index (χ1) is 13.6. The van der Waals surface area contributed by atoms with E-state index in [0.717, 1.165) is 43.2 Å². The Morgan fingerprint density at radius 2 is 1.96 bits per heavy atom. The van der Waals surface area contributed by atoms with Crippen molar-refractivity contribution < 1.29 is 9.69 Å². The summed E-state index contributed by atoms with van der Waals surface area (Å²) in [4.78, 5) is 13.6. The van der Waals surface area contributed by atoms with Gasteiger partial charge in [-0.15, -0.1) is 10.2 Å². The zero-order valence-corrected chi connectivity index (χ0v) is 18.4. The molecule has 1 atom stereocenters. The number of quaternary nitrogens is 1. The maximum Gasteiger partial charge on any atom is 0.230 e. The van der Waals surface area contributed by atoms with Crippen LogP contribution in [0.2, 0.25) is 0 Å². The van der Waals surface area contributed by atoms with E-state index >= 15 is 0 Å². The molecule has 0 unspecified atom stereocenters. The van der Waals surface area contributed by atoms with Gasteiger partial charge in [-0.3, -0.25) is 4.79 Å². The third-order valence-corrected chi connectivity index (χ3v) is 5.78. The van der Waals surface area contributed by atoms with Crippen molar-refractivity contribution in [1.29, 1.82) is 0 Å². The Hall–Kier alpha value is -1.86. The summed E-state index contributed by atoms with van der Waals surface area (Å²) >= 11 is 1.48. The van der Waals surface area contributed by atoms with Gasteiger partial charge in [-0.05, 0) is 18.4 Å². The second kappa shape index (κ2) is 11.9. The molecule has 154 valence electrons. The fourth-order valence-corrected chi connectivity index (χ4v) is 4.01. The molecule has 0 bridgehead atoms. The average molecular weight is 405 g/mol. The maximum atomic E-state index is 12.2. The molecule has 7 heteroatoms. The van der Waals surface area contributed by atoms with Crippen molar-refractivity contribution in [1.82, 2.24) is 20.1 Å². The second-order valence-corrected chi connectivity index (χ2v) is 8.20. The quantitative estimate of drug-likeness (QED) is 0.532. The lowest BCUT2D eigenvalue weighted by molar-refractivity contribution is -0.893. The Balaban J connectivity index is 1.92. The second-order valence-electron chi connectivity index (χ2n) is 7.26. The number of amides is 1. The molecule has 0 saturated carbocycles. The van der Waals surface area contributed by atoms with Gasteiger partial charge in [-0.25, -0.2) is 0 Å². The van der Waals surface area contributed by atoms with Crippen LogP contribution in [-0.2, 0) is 17.8 Å². The highest BCUT2D eigenvalue weighted by molar-refractivity contribution is 7.99. The summed E-state index contributed by atoms with van der Waals surface area (Å²) in [5.74, 6) is 1.44. The Labute approximate surface area is 173 Å². The van der Waals surface area contributed by atoms with E-state index in [1.807, 2.05) is 18.2 Å². The van der Waals surface area contributed by atoms with Crippen molar-refractivity contribution in [3.63, 3.8) is 0 Å². The summed E-state index contributed by atoms with van der Waals surface area (Å²) in [6.45, 7) is 5.93. The zero-order valence-electron chi connectivity index (χ0n) is 17.6. The highest BCUT2D eigenvalue weighted by Crippen LogP contribution is 2.21. The van der Waals surface area contributed by atoms with E-state index in [4.69, 9.17) is 0 Å². The van der Waals surface area contributed by atoms with Crippen LogP contribution in [0.3, 0.4) is 0 Å². The number of rotatable bonds is 12. The van der Waals surface area contributed by atoms with E-state index in [1.165, 1.54) is 22.2 Å². The predicted molar refractivity (Wildman–Crippen MR) is 115 cm³/mol. The minimum absolute atomic E-state index is 0.0396. The van der Waals surface area contributed by atoms with Crippen molar-refractivity contribution in [2.45, 2.75) is 57.3 Å². The van der Waals surface area contributed by atoms with Crippen LogP contribution in [0.4, 0.5) is 0 Å². The monoisotopic (exact) mass is 404 g/mol. The molecule has 0 aliphatic carbocycles. The average Bonchev–Trinajstić information content (AvgIpc) is 3.08. The Kier molecular flexibility index (Phi) is 9.50. The number of carbonyl (C=O) groups excluding carboxylic acids is 1. The van der Waals surface area contributed by atoms with Crippen LogP contribution in [0.5, 0.6) is 0 Å². The fraction of sp³-hybridized carbons (Fsp3) is 0.571. The van der Waals surface area contributed by atoms with Gasteiger partial charge in [-0.1, -0.05) is 62.4 Å². The standard InChI is InChI=1S/C21H33N5OS/c1-5-7-15-26-20(18(6-2)25(3)4)23-24-21(26)28-16-19(27)22-14-13-17-11-9-8-10-12-17/h8-12,18H,5-7,13-16H2,1-4H3,(H,22,27)/p+1/t18-/m1/s1. The lowest BCUT2D eigenvalue weighted by Crippen LogP contribution is -3.06. The maximum absolute atomic E-state index is 12.2. The third-order valence-electron chi connectivity index (χ3n) is 4.81. The van der Waals surface area contributed by atoms with Crippen molar-refractivity contribution in [2.24, 2.45) is 0 Å². The molecule has 1 heterocycles. The van der Waals surface area contributed by atoms with Crippen LogP contribution >= 0.6 is 11.8 Å². The minimum atomic E-state index is 0.0396. The zero-order chi connectivity index (χ0) is 20.4. The summed E-state index contributed by atoms with van der Waals surface area (Å²) in [7, 11) is 4.31. The number of benzene rings is 1. The van der Waals surface area contributed by atoms with Crippen LogP contribution in [0.1, 0.15) is 50.5 Å². The van der Waals surface area contributed by atoms with E-state index in [2.05, 4.69) is 60.2 Å². The summed E-state index contributed by atoms with van der Waals surface area (Å²) in [6.07, 6.45) is 4.06. The van der Waals surface area contributed by atoms with Crippen molar-refractivity contribution in [3.05, 3.63) is 41.7 Å². The number of hydrogen-bond acceptors (Lipinski definition) is 4. The normalized spacial score (nSPS) is 12.3. The van der Waals surface area contributed by atoms with E-state index in [-0.39, 0.29) is 5.91 Å². The lowest BCUT2D eigenvalue weighted by Gasteiger charge is -2.20. The van der Waals surface area contributed by atoms with Crippen LogP contribution < -0.4 is 10.2 Å². The van der Waals surface area contributed by atoms with Crippen LogP contribution in [0.25, 0.3) is 0 Å². The molecule has 2 rings (SSSR count). The molecule has 0 radical (unpaired) electrons. The molecule has 0 saturated heterocycles. The van der Waals surface area contributed by atoms with Gasteiger partial charge in [0.25, 0.3) is 0 Å². The molecule has 6 nitrogen and oxygen atoms in total. The Bertz CT molecular complexity index is 717. The van der Waals surface area contributed by atoms with Gasteiger partial charge in [0.1, 0.15) is 6.04 Å².